The Hall–Kier alpha value is -3.93. The Morgan fingerprint density at radius 2 is 0.612 bits per heavy atom. The van der Waals surface area contributed by atoms with Crippen molar-refractivity contribution in [1.29, 1.82) is 0 Å². The third-order valence-electron chi connectivity index (χ3n) is 11.3. The molecule has 0 saturated carbocycles. The van der Waals surface area contributed by atoms with Gasteiger partial charge in [0.2, 0.25) is 0 Å². The topological polar surface area (TPSA) is 78.9 Å². The van der Waals surface area contributed by atoms with Crippen molar-refractivity contribution in [3.05, 3.63) is 109 Å². The van der Waals surface area contributed by atoms with Gasteiger partial charge in [-0.1, -0.05) is 220 Å². The van der Waals surface area contributed by atoms with Gasteiger partial charge < -0.3 is 14.2 Å². The molecule has 6 heteroatoms. The highest BCUT2D eigenvalue weighted by atomic mass is 16.6. The normalized spacial score (nSPS) is 12.9. The molecule has 0 heterocycles. The maximum absolute atomic E-state index is 12.8. The Bertz CT molecular complexity index is 1390. The fourth-order valence-corrected chi connectivity index (χ4v) is 7.21. The van der Waals surface area contributed by atoms with Crippen LogP contribution in [0.5, 0.6) is 0 Å². The molecule has 0 aliphatic carbocycles. The summed E-state index contributed by atoms with van der Waals surface area (Å²) in [5.41, 5.74) is 0. The minimum atomic E-state index is -0.817. The highest BCUT2D eigenvalue weighted by Gasteiger charge is 2.19. The molecular weight excluding hydrogens is 829 g/mol. The predicted octanol–water partition coefficient (Wildman–Crippen LogP) is 18.3. The highest BCUT2D eigenvalue weighted by Crippen LogP contribution is 2.14. The number of hydrogen-bond acceptors (Lipinski definition) is 6. The van der Waals surface area contributed by atoms with Crippen LogP contribution in [0.1, 0.15) is 239 Å². The molecule has 67 heavy (non-hydrogen) atoms. The quantitative estimate of drug-likeness (QED) is 0.0262. The first kappa shape index (κ1) is 63.1. The maximum Gasteiger partial charge on any atom is 0.306 e. The van der Waals surface area contributed by atoms with E-state index < -0.39 is 6.10 Å². The second-order valence-electron chi connectivity index (χ2n) is 17.7. The van der Waals surface area contributed by atoms with Crippen molar-refractivity contribution in [2.75, 3.05) is 13.2 Å². The van der Waals surface area contributed by atoms with Crippen LogP contribution in [0, 0.1) is 0 Å². The van der Waals surface area contributed by atoms with Crippen LogP contribution in [0.3, 0.4) is 0 Å². The minimum Gasteiger partial charge on any atom is -0.462 e. The second kappa shape index (κ2) is 54.7. The molecule has 1 unspecified atom stereocenters. The number of hydrogen-bond donors (Lipinski definition) is 0. The van der Waals surface area contributed by atoms with Crippen molar-refractivity contribution in [1.82, 2.24) is 0 Å². The summed E-state index contributed by atoms with van der Waals surface area (Å²) in [5, 5.41) is 0. The van der Waals surface area contributed by atoms with E-state index >= 15 is 0 Å². The average molecular weight is 929 g/mol. The SMILES string of the molecule is CC/C=C\C/C=C\C/C=C\C/C=C\CCCCCCCCC(=O)OCC(COC(=O)CC/C=C\C/C=C\C/C=C\C/C=C\CC)OC(=O)CCCCCCCCC/C=C\CCCCCCCC. The molecule has 0 rings (SSSR count). The molecule has 0 aromatic heterocycles. The molecule has 0 spiro atoms. The Labute approximate surface area is 412 Å². The third kappa shape index (κ3) is 52.9. The molecule has 0 aliphatic rings. The van der Waals surface area contributed by atoms with Crippen LogP contribution in [0.4, 0.5) is 0 Å². The van der Waals surface area contributed by atoms with Gasteiger partial charge in [-0.25, -0.2) is 0 Å². The predicted molar refractivity (Wildman–Crippen MR) is 288 cm³/mol. The van der Waals surface area contributed by atoms with E-state index in [4.69, 9.17) is 14.2 Å². The third-order valence-corrected chi connectivity index (χ3v) is 11.3. The number of esters is 3. The van der Waals surface area contributed by atoms with Gasteiger partial charge in [0, 0.05) is 19.3 Å². The van der Waals surface area contributed by atoms with Crippen LogP contribution in [-0.2, 0) is 28.6 Å². The van der Waals surface area contributed by atoms with Gasteiger partial charge in [-0.2, -0.15) is 0 Å². The van der Waals surface area contributed by atoms with Crippen molar-refractivity contribution in [3.63, 3.8) is 0 Å². The molecule has 6 nitrogen and oxygen atoms in total. The van der Waals surface area contributed by atoms with E-state index in [1.165, 1.54) is 89.9 Å². The first-order valence-corrected chi connectivity index (χ1v) is 27.4. The van der Waals surface area contributed by atoms with Gasteiger partial charge in [0.15, 0.2) is 6.10 Å². The van der Waals surface area contributed by atoms with Crippen LogP contribution in [0.15, 0.2) is 109 Å². The molecule has 1 atom stereocenters. The molecule has 0 saturated heterocycles. The van der Waals surface area contributed by atoms with Crippen molar-refractivity contribution < 1.29 is 28.6 Å². The Balaban J connectivity index is 4.48. The summed E-state index contributed by atoms with van der Waals surface area (Å²) in [7, 11) is 0. The van der Waals surface area contributed by atoms with E-state index in [1.807, 2.05) is 12.2 Å². The van der Waals surface area contributed by atoms with Gasteiger partial charge in [-0.15, -0.1) is 0 Å². The summed E-state index contributed by atoms with van der Waals surface area (Å²) < 4.78 is 16.7. The number of allylic oxidation sites excluding steroid dienone is 18. The summed E-state index contributed by atoms with van der Waals surface area (Å²) in [6, 6.07) is 0. The average Bonchev–Trinajstić information content (AvgIpc) is 3.33. The standard InChI is InChI=1S/C61H100O6/c1-4-7-10-13-16-19-22-25-27-29-30-32-33-36-39-42-45-48-51-54-60(63)66-57-58(56-65-59(62)53-50-47-44-41-38-35-24-21-18-15-12-9-6-3)67-61(64)55-52-49-46-43-40-37-34-31-28-26-23-20-17-14-11-8-5-2/h7,9-10,12,16,18-19,21,25-28,30,32,35,38,44,47,58H,4-6,8,11,13-15,17,20,22-24,29,31,33-34,36-37,39-43,45-46,48-57H2,1-3H3/b10-7-,12-9-,19-16-,21-18-,27-25-,28-26-,32-30-,38-35-,47-44-. The molecule has 0 radical (unpaired) electrons. The summed E-state index contributed by atoms with van der Waals surface area (Å²) >= 11 is 0. The van der Waals surface area contributed by atoms with Crippen LogP contribution < -0.4 is 0 Å². The minimum absolute atomic E-state index is 0.111. The highest BCUT2D eigenvalue weighted by molar-refractivity contribution is 5.71. The number of rotatable bonds is 48. The van der Waals surface area contributed by atoms with E-state index in [0.717, 1.165) is 103 Å². The van der Waals surface area contributed by atoms with Gasteiger partial charge in [0.05, 0.1) is 0 Å². The van der Waals surface area contributed by atoms with Gasteiger partial charge in [-0.3, -0.25) is 14.4 Å². The van der Waals surface area contributed by atoms with Crippen molar-refractivity contribution in [3.8, 4) is 0 Å². The summed E-state index contributed by atoms with van der Waals surface area (Å²) in [6.07, 6.45) is 73.7. The van der Waals surface area contributed by atoms with Crippen LogP contribution in [0.2, 0.25) is 0 Å². The second-order valence-corrected chi connectivity index (χ2v) is 17.7. The van der Waals surface area contributed by atoms with Crippen LogP contribution >= 0.6 is 0 Å². The zero-order chi connectivity index (χ0) is 48.6. The zero-order valence-corrected chi connectivity index (χ0v) is 43.4. The van der Waals surface area contributed by atoms with Gasteiger partial charge in [0.1, 0.15) is 13.2 Å². The van der Waals surface area contributed by atoms with Gasteiger partial charge in [-0.05, 0) is 109 Å². The number of unbranched alkanes of at least 4 members (excludes halogenated alkanes) is 19. The summed E-state index contributed by atoms with van der Waals surface area (Å²) in [5.74, 6) is -1.01. The first-order chi connectivity index (χ1) is 33.0. The lowest BCUT2D eigenvalue weighted by Gasteiger charge is -2.18. The molecule has 380 valence electrons. The molecule has 0 aliphatic heterocycles. The van der Waals surface area contributed by atoms with Gasteiger partial charge >= 0.3 is 17.9 Å². The van der Waals surface area contributed by atoms with E-state index in [-0.39, 0.29) is 37.5 Å². The maximum atomic E-state index is 12.8. The molecule has 0 amide bonds. The molecule has 0 aromatic rings. The van der Waals surface area contributed by atoms with Crippen LogP contribution in [-0.4, -0.2) is 37.2 Å². The Morgan fingerprint density at radius 1 is 0.313 bits per heavy atom. The zero-order valence-electron chi connectivity index (χ0n) is 43.4. The lowest BCUT2D eigenvalue weighted by atomic mass is 10.1. The van der Waals surface area contributed by atoms with E-state index in [2.05, 4.69) is 118 Å². The van der Waals surface area contributed by atoms with Crippen molar-refractivity contribution in [2.24, 2.45) is 0 Å². The fraction of sp³-hybridized carbons (Fsp3) is 0.656. The molecule has 0 fully saturated rings. The summed E-state index contributed by atoms with van der Waals surface area (Å²) in [4.78, 5) is 38.0. The molecular formula is C61H100O6. The van der Waals surface area contributed by atoms with Gasteiger partial charge in [0.25, 0.3) is 0 Å². The van der Waals surface area contributed by atoms with E-state index in [0.29, 0.717) is 19.3 Å². The largest absolute Gasteiger partial charge is 0.462 e. The molecule has 0 N–H and O–H groups in total. The van der Waals surface area contributed by atoms with E-state index in [9.17, 15) is 14.4 Å². The number of carbonyl (C=O) groups is 3. The van der Waals surface area contributed by atoms with Crippen molar-refractivity contribution in [2.45, 2.75) is 245 Å². The summed E-state index contributed by atoms with van der Waals surface area (Å²) in [6.45, 7) is 6.32. The fourth-order valence-electron chi connectivity index (χ4n) is 7.21. The molecule has 0 bridgehead atoms. The smallest absolute Gasteiger partial charge is 0.306 e. The Morgan fingerprint density at radius 3 is 1.01 bits per heavy atom. The first-order valence-electron chi connectivity index (χ1n) is 27.4. The van der Waals surface area contributed by atoms with Crippen LogP contribution in [0.25, 0.3) is 0 Å². The van der Waals surface area contributed by atoms with E-state index in [1.54, 1.807) is 0 Å². The number of carbonyl (C=O) groups excluding carboxylic acids is 3. The Kier molecular flexibility index (Phi) is 51.5. The number of ether oxygens (including phenoxy) is 3. The van der Waals surface area contributed by atoms with Crippen molar-refractivity contribution >= 4 is 17.9 Å². The lowest BCUT2D eigenvalue weighted by molar-refractivity contribution is -0.166. The lowest BCUT2D eigenvalue weighted by Crippen LogP contribution is -2.30. The molecule has 0 aromatic carbocycles. The monoisotopic (exact) mass is 929 g/mol.